The fraction of sp³-hybridized carbons (Fsp3) is 0.500. The number of hydrogen-bond donors (Lipinski definition) is 0. The van der Waals surface area contributed by atoms with E-state index in [0.29, 0.717) is 6.04 Å². The molecule has 64 valence electrons. The summed E-state index contributed by atoms with van der Waals surface area (Å²) in [5.74, 6) is 0. The number of hydrogen-bond acceptors (Lipinski definition) is 2. The summed E-state index contributed by atoms with van der Waals surface area (Å²) in [4.78, 5) is 3.01. The van der Waals surface area contributed by atoms with E-state index in [1.54, 1.807) is 6.20 Å². The molecular weight excluding hydrogens is 170 g/mol. The molecule has 0 radical (unpaired) electrons. The molecular formula is C8H11N3S. The Hall–Kier alpha value is -0.900. The van der Waals surface area contributed by atoms with Gasteiger partial charge < -0.3 is 4.90 Å². The monoisotopic (exact) mass is 181 g/mol. The van der Waals surface area contributed by atoms with Crippen LogP contribution in [-0.4, -0.2) is 32.8 Å². The van der Waals surface area contributed by atoms with Gasteiger partial charge >= 0.3 is 0 Å². The Morgan fingerprint density at radius 1 is 1.67 bits per heavy atom. The summed E-state index contributed by atoms with van der Waals surface area (Å²) in [6.45, 7) is 3.08. The summed E-state index contributed by atoms with van der Waals surface area (Å²) in [6.07, 6.45) is 1.80. The molecule has 3 nitrogen and oxygen atoms in total. The smallest absolute Gasteiger partial charge is 0.127 e. The predicted molar refractivity (Wildman–Crippen MR) is 51.2 cm³/mol. The van der Waals surface area contributed by atoms with Gasteiger partial charge in [-0.05, 0) is 13.0 Å². The molecule has 1 aromatic rings. The molecule has 0 amide bonds. The Balaban J connectivity index is 2.46. The van der Waals surface area contributed by atoms with E-state index in [2.05, 4.69) is 16.9 Å². The zero-order valence-corrected chi connectivity index (χ0v) is 8.01. The van der Waals surface area contributed by atoms with Crippen molar-refractivity contribution < 1.29 is 0 Å². The average molecular weight is 181 g/mol. The van der Waals surface area contributed by atoms with Gasteiger partial charge in [0.1, 0.15) is 4.99 Å². The molecule has 2 heterocycles. The Bertz CT molecular complexity index is 318. The number of thiocarbonyl (C=S) groups is 1. The van der Waals surface area contributed by atoms with Crippen molar-refractivity contribution in [2.75, 3.05) is 7.05 Å². The van der Waals surface area contributed by atoms with Crippen molar-refractivity contribution in [3.05, 3.63) is 18.0 Å². The van der Waals surface area contributed by atoms with E-state index in [4.69, 9.17) is 12.2 Å². The minimum atomic E-state index is 0.449. The summed E-state index contributed by atoms with van der Waals surface area (Å²) in [6, 6.07) is 2.41. The highest BCUT2D eigenvalue weighted by Gasteiger charge is 2.23. The third-order valence-corrected chi connectivity index (χ3v) is 2.85. The van der Waals surface area contributed by atoms with Crippen LogP contribution in [0.3, 0.4) is 0 Å². The SMILES string of the molecule is CC1Cn2nccc2C(=S)N1C. The number of likely N-dealkylation sites (N-methyl/N-ethyl adjacent to an activating group) is 1. The lowest BCUT2D eigenvalue weighted by Crippen LogP contribution is -2.43. The fourth-order valence-corrected chi connectivity index (χ4v) is 1.77. The summed E-state index contributed by atoms with van der Waals surface area (Å²) in [5, 5.41) is 4.19. The van der Waals surface area contributed by atoms with E-state index in [1.807, 2.05) is 17.8 Å². The number of rotatable bonds is 0. The Labute approximate surface area is 77.0 Å². The molecule has 1 aliphatic heterocycles. The van der Waals surface area contributed by atoms with E-state index in [-0.39, 0.29) is 0 Å². The first kappa shape index (κ1) is 7.73. The largest absolute Gasteiger partial charge is 0.360 e. The van der Waals surface area contributed by atoms with E-state index in [9.17, 15) is 0 Å². The Kier molecular flexibility index (Phi) is 1.65. The molecule has 0 N–H and O–H groups in total. The van der Waals surface area contributed by atoms with Crippen LogP contribution in [0.2, 0.25) is 0 Å². The highest BCUT2D eigenvalue weighted by atomic mass is 32.1. The highest BCUT2D eigenvalue weighted by molar-refractivity contribution is 7.80. The van der Waals surface area contributed by atoms with E-state index >= 15 is 0 Å². The Morgan fingerprint density at radius 3 is 3.17 bits per heavy atom. The molecule has 2 rings (SSSR count). The number of fused-ring (bicyclic) bond motifs is 1. The van der Waals surface area contributed by atoms with Crippen molar-refractivity contribution in [2.24, 2.45) is 0 Å². The third kappa shape index (κ3) is 0.948. The Morgan fingerprint density at radius 2 is 2.42 bits per heavy atom. The molecule has 0 saturated carbocycles. The van der Waals surface area contributed by atoms with E-state index in [0.717, 1.165) is 17.2 Å². The molecule has 0 aliphatic carbocycles. The van der Waals surface area contributed by atoms with Gasteiger partial charge in [-0.3, -0.25) is 4.68 Å². The van der Waals surface area contributed by atoms with Gasteiger partial charge in [0.25, 0.3) is 0 Å². The molecule has 0 saturated heterocycles. The lowest BCUT2D eigenvalue weighted by Gasteiger charge is -2.32. The second-order valence-corrected chi connectivity index (χ2v) is 3.55. The summed E-state index contributed by atoms with van der Waals surface area (Å²) < 4.78 is 1.97. The van der Waals surface area contributed by atoms with E-state index < -0.39 is 0 Å². The number of aromatic nitrogens is 2. The van der Waals surface area contributed by atoms with E-state index in [1.165, 1.54) is 0 Å². The molecule has 0 bridgehead atoms. The van der Waals surface area contributed by atoms with Gasteiger partial charge in [0.05, 0.1) is 12.2 Å². The van der Waals surface area contributed by atoms with Crippen molar-refractivity contribution in [2.45, 2.75) is 19.5 Å². The highest BCUT2D eigenvalue weighted by Crippen LogP contribution is 2.15. The van der Waals surface area contributed by atoms with Gasteiger partial charge in [0.2, 0.25) is 0 Å². The fourth-order valence-electron chi connectivity index (χ4n) is 1.41. The minimum Gasteiger partial charge on any atom is -0.360 e. The average Bonchev–Trinajstić information content (AvgIpc) is 2.48. The van der Waals surface area contributed by atoms with Crippen molar-refractivity contribution in [1.82, 2.24) is 14.7 Å². The van der Waals surface area contributed by atoms with Crippen molar-refractivity contribution in [3.63, 3.8) is 0 Å². The molecule has 4 heteroatoms. The van der Waals surface area contributed by atoms with Crippen LogP contribution in [0, 0.1) is 0 Å². The summed E-state index contributed by atoms with van der Waals surface area (Å²) in [5.41, 5.74) is 1.06. The third-order valence-electron chi connectivity index (χ3n) is 2.35. The molecule has 0 spiro atoms. The maximum absolute atomic E-state index is 5.28. The zero-order valence-electron chi connectivity index (χ0n) is 7.19. The van der Waals surface area contributed by atoms with Crippen LogP contribution in [0.4, 0.5) is 0 Å². The number of nitrogens with zero attached hydrogens (tertiary/aromatic N) is 3. The molecule has 1 aliphatic rings. The first-order valence-corrected chi connectivity index (χ1v) is 4.40. The predicted octanol–water partition coefficient (Wildman–Crippen LogP) is 0.893. The zero-order chi connectivity index (χ0) is 8.72. The van der Waals surface area contributed by atoms with Crippen LogP contribution in [0.5, 0.6) is 0 Å². The first-order valence-electron chi connectivity index (χ1n) is 3.99. The second kappa shape index (κ2) is 2.55. The van der Waals surface area contributed by atoms with Crippen molar-refractivity contribution in [1.29, 1.82) is 0 Å². The van der Waals surface area contributed by atoms with Crippen LogP contribution in [0.15, 0.2) is 12.3 Å². The van der Waals surface area contributed by atoms with Crippen LogP contribution < -0.4 is 0 Å². The molecule has 1 unspecified atom stereocenters. The maximum Gasteiger partial charge on any atom is 0.127 e. The summed E-state index contributed by atoms with van der Waals surface area (Å²) >= 11 is 5.28. The van der Waals surface area contributed by atoms with Crippen LogP contribution >= 0.6 is 12.2 Å². The maximum atomic E-state index is 5.28. The lowest BCUT2D eigenvalue weighted by molar-refractivity contribution is 0.318. The first-order chi connectivity index (χ1) is 5.70. The van der Waals surface area contributed by atoms with Crippen LogP contribution in [-0.2, 0) is 6.54 Å². The standard InChI is InChI=1S/C8H11N3S/c1-6-5-11-7(3-4-9-11)8(12)10(6)2/h3-4,6H,5H2,1-2H3. The van der Waals surface area contributed by atoms with Gasteiger partial charge in [-0.1, -0.05) is 12.2 Å². The normalized spacial score (nSPS) is 22.7. The minimum absolute atomic E-state index is 0.449. The molecule has 12 heavy (non-hydrogen) atoms. The van der Waals surface area contributed by atoms with Crippen molar-refractivity contribution >= 4 is 17.2 Å². The quantitative estimate of drug-likeness (QED) is 0.555. The molecule has 1 aromatic heterocycles. The van der Waals surface area contributed by atoms with Crippen LogP contribution in [0.25, 0.3) is 0 Å². The lowest BCUT2D eigenvalue weighted by atomic mass is 10.2. The van der Waals surface area contributed by atoms with Gasteiger partial charge in [0.15, 0.2) is 0 Å². The van der Waals surface area contributed by atoms with Crippen molar-refractivity contribution in [3.8, 4) is 0 Å². The summed E-state index contributed by atoms with van der Waals surface area (Å²) in [7, 11) is 2.03. The second-order valence-electron chi connectivity index (χ2n) is 3.16. The molecule has 0 aromatic carbocycles. The van der Waals surface area contributed by atoms with Crippen LogP contribution in [0.1, 0.15) is 12.6 Å². The topological polar surface area (TPSA) is 21.1 Å². The van der Waals surface area contributed by atoms with Gasteiger partial charge in [-0.2, -0.15) is 5.10 Å². The molecule has 0 fully saturated rings. The van der Waals surface area contributed by atoms with Gasteiger partial charge in [-0.25, -0.2) is 0 Å². The van der Waals surface area contributed by atoms with Gasteiger partial charge in [0, 0.05) is 19.3 Å². The van der Waals surface area contributed by atoms with Gasteiger partial charge in [-0.15, -0.1) is 0 Å². The molecule has 1 atom stereocenters.